The molecular weight excluding hydrogens is 491 g/mol. The summed E-state index contributed by atoms with van der Waals surface area (Å²) in [4.78, 5) is 13.5. The van der Waals surface area contributed by atoms with Gasteiger partial charge in [-0.05, 0) is 54.0 Å². The Morgan fingerprint density at radius 1 is 1.08 bits per heavy atom. The Labute approximate surface area is 209 Å². The summed E-state index contributed by atoms with van der Waals surface area (Å²) < 4.78 is 67.8. The Kier molecular flexibility index (Phi) is 7.86. The smallest absolute Gasteiger partial charge is 0.368 e. The first-order valence-electron chi connectivity index (χ1n) is 11.7. The van der Waals surface area contributed by atoms with E-state index in [4.69, 9.17) is 5.73 Å². The molecule has 0 aliphatic heterocycles. The molecule has 36 heavy (non-hydrogen) atoms. The fourth-order valence-corrected chi connectivity index (χ4v) is 5.36. The maximum atomic E-state index is 14.6. The van der Waals surface area contributed by atoms with Crippen molar-refractivity contribution in [2.24, 2.45) is 11.7 Å². The van der Waals surface area contributed by atoms with E-state index in [1.807, 2.05) is 6.07 Å². The van der Waals surface area contributed by atoms with Crippen LogP contribution in [0.3, 0.4) is 0 Å². The lowest BCUT2D eigenvalue weighted by Crippen LogP contribution is -2.56. The van der Waals surface area contributed by atoms with Gasteiger partial charge in [0, 0.05) is 0 Å². The largest absolute Gasteiger partial charge is 0.408 e. The average Bonchev–Trinajstić information content (AvgIpc) is 3.61. The molecule has 0 spiro atoms. The summed E-state index contributed by atoms with van der Waals surface area (Å²) in [7, 11) is -3.37. The van der Waals surface area contributed by atoms with Crippen LogP contribution in [-0.4, -0.2) is 42.7 Å². The lowest BCUT2D eigenvalue weighted by atomic mass is 9.93. The van der Waals surface area contributed by atoms with Gasteiger partial charge in [0.2, 0.25) is 5.91 Å². The summed E-state index contributed by atoms with van der Waals surface area (Å²) in [6.45, 7) is 5.12. The van der Waals surface area contributed by atoms with Crippen LogP contribution in [0.4, 0.5) is 13.2 Å². The number of nitrogens with zero attached hydrogens (tertiary/aromatic N) is 2. The minimum absolute atomic E-state index is 0.0380. The molecule has 2 aromatic carbocycles. The van der Waals surface area contributed by atoms with E-state index < -0.39 is 39.5 Å². The van der Waals surface area contributed by atoms with Crippen molar-refractivity contribution >= 4 is 15.7 Å². The lowest BCUT2D eigenvalue weighted by molar-refractivity contribution is -0.200. The average molecular weight is 522 g/mol. The fourth-order valence-electron chi connectivity index (χ4n) is 4.47. The molecule has 1 aliphatic carbocycles. The SMILES string of the molecule is CCS(=O)(=O)c1ccc(-c2ccc([C@H](N([C@@H](CC(C)C)C(N)=O)C3(C#N)CC3)C(F)(F)F)cc2)cc1. The first-order chi connectivity index (χ1) is 16.8. The van der Waals surface area contributed by atoms with Gasteiger partial charge in [-0.25, -0.2) is 8.42 Å². The Bertz CT molecular complexity index is 1230. The van der Waals surface area contributed by atoms with Gasteiger partial charge < -0.3 is 5.73 Å². The highest BCUT2D eigenvalue weighted by Crippen LogP contribution is 2.52. The monoisotopic (exact) mass is 521 g/mol. The molecule has 2 atom stereocenters. The Balaban J connectivity index is 2.04. The number of carbonyl (C=O) groups is 1. The number of carbonyl (C=O) groups excluding carboxylic acids is 1. The maximum Gasteiger partial charge on any atom is 0.408 e. The van der Waals surface area contributed by atoms with Crippen LogP contribution >= 0.6 is 0 Å². The summed E-state index contributed by atoms with van der Waals surface area (Å²) >= 11 is 0. The Morgan fingerprint density at radius 2 is 1.58 bits per heavy atom. The van der Waals surface area contributed by atoms with E-state index in [-0.39, 0.29) is 41.4 Å². The van der Waals surface area contributed by atoms with Crippen LogP contribution in [0.5, 0.6) is 0 Å². The van der Waals surface area contributed by atoms with E-state index in [1.165, 1.54) is 36.4 Å². The second-order valence-corrected chi connectivity index (χ2v) is 11.9. The van der Waals surface area contributed by atoms with Gasteiger partial charge in [0.1, 0.15) is 11.6 Å². The first-order valence-corrected chi connectivity index (χ1v) is 13.4. The van der Waals surface area contributed by atoms with Crippen LogP contribution < -0.4 is 5.73 Å². The highest BCUT2D eigenvalue weighted by Gasteiger charge is 2.60. The number of hydrogen-bond donors (Lipinski definition) is 1. The van der Waals surface area contributed by atoms with Gasteiger partial charge in [0.25, 0.3) is 0 Å². The van der Waals surface area contributed by atoms with Crippen LogP contribution in [0, 0.1) is 17.2 Å². The number of benzene rings is 2. The van der Waals surface area contributed by atoms with Crippen molar-refractivity contribution in [1.29, 1.82) is 5.26 Å². The molecule has 1 fully saturated rings. The number of primary amides is 1. The van der Waals surface area contributed by atoms with E-state index in [1.54, 1.807) is 32.9 Å². The highest BCUT2D eigenvalue weighted by atomic mass is 32.2. The molecule has 1 amide bonds. The number of halogens is 3. The van der Waals surface area contributed by atoms with E-state index in [0.717, 1.165) is 4.90 Å². The molecule has 0 bridgehead atoms. The van der Waals surface area contributed by atoms with E-state index in [2.05, 4.69) is 0 Å². The highest BCUT2D eigenvalue weighted by molar-refractivity contribution is 7.91. The van der Waals surface area contributed by atoms with Crippen molar-refractivity contribution in [3.8, 4) is 17.2 Å². The third kappa shape index (κ3) is 5.73. The van der Waals surface area contributed by atoms with Crippen molar-refractivity contribution < 1.29 is 26.4 Å². The van der Waals surface area contributed by atoms with Crippen molar-refractivity contribution in [3.63, 3.8) is 0 Å². The molecule has 3 rings (SSSR count). The zero-order chi connectivity index (χ0) is 26.9. The van der Waals surface area contributed by atoms with Crippen molar-refractivity contribution in [2.75, 3.05) is 5.75 Å². The molecule has 1 aliphatic rings. The van der Waals surface area contributed by atoms with Gasteiger partial charge >= 0.3 is 6.18 Å². The maximum absolute atomic E-state index is 14.6. The second-order valence-electron chi connectivity index (χ2n) is 9.59. The minimum Gasteiger partial charge on any atom is -0.368 e. The van der Waals surface area contributed by atoms with Gasteiger partial charge in [-0.1, -0.05) is 57.2 Å². The summed E-state index contributed by atoms with van der Waals surface area (Å²) in [5, 5.41) is 9.79. The van der Waals surface area contributed by atoms with Crippen LogP contribution in [0.2, 0.25) is 0 Å². The predicted octanol–water partition coefficient (Wildman–Crippen LogP) is 5.01. The zero-order valence-corrected chi connectivity index (χ0v) is 21.2. The normalized spacial score (nSPS) is 17.0. The molecule has 2 aromatic rings. The molecule has 0 saturated heterocycles. The van der Waals surface area contributed by atoms with Crippen molar-refractivity contribution in [2.45, 2.75) is 68.7 Å². The quantitative estimate of drug-likeness (QED) is 0.473. The van der Waals surface area contributed by atoms with Gasteiger partial charge in [-0.3, -0.25) is 9.69 Å². The first kappa shape index (κ1) is 27.7. The minimum atomic E-state index is -4.77. The van der Waals surface area contributed by atoms with E-state index in [9.17, 15) is 31.6 Å². The van der Waals surface area contributed by atoms with Crippen LogP contribution in [0.15, 0.2) is 53.4 Å². The number of amides is 1. The van der Waals surface area contributed by atoms with E-state index >= 15 is 0 Å². The number of rotatable bonds is 10. The molecule has 2 N–H and O–H groups in total. The third-order valence-corrected chi connectivity index (χ3v) is 8.28. The number of hydrogen-bond acceptors (Lipinski definition) is 5. The van der Waals surface area contributed by atoms with Gasteiger partial charge in [-0.15, -0.1) is 0 Å². The molecule has 194 valence electrons. The number of sulfone groups is 1. The Morgan fingerprint density at radius 3 is 1.94 bits per heavy atom. The zero-order valence-electron chi connectivity index (χ0n) is 20.4. The third-order valence-electron chi connectivity index (χ3n) is 6.53. The van der Waals surface area contributed by atoms with Gasteiger partial charge in [-0.2, -0.15) is 18.4 Å². The van der Waals surface area contributed by atoms with Crippen LogP contribution in [-0.2, 0) is 14.6 Å². The molecule has 0 aromatic heterocycles. The van der Waals surface area contributed by atoms with Gasteiger partial charge in [0.05, 0.1) is 22.8 Å². The number of nitrogens with two attached hydrogens (primary N) is 1. The van der Waals surface area contributed by atoms with E-state index in [0.29, 0.717) is 11.1 Å². The number of alkyl halides is 3. The molecular formula is C26H30F3N3O3S. The summed E-state index contributed by atoms with van der Waals surface area (Å²) in [6.07, 6.45) is -4.22. The molecule has 0 radical (unpaired) electrons. The predicted molar refractivity (Wildman–Crippen MR) is 130 cm³/mol. The topological polar surface area (TPSA) is 104 Å². The second kappa shape index (κ2) is 10.2. The standard InChI is InChI=1S/C26H30F3N3O3S/c1-4-36(34,35)21-11-9-19(10-12-21)18-5-7-20(8-6-18)23(26(27,28)29)32(25(16-30)13-14-25)22(24(31)33)15-17(2)3/h5-12,17,22-23H,4,13-15H2,1-3H3,(H2,31,33)/t22-,23-/m0/s1. The van der Waals surface area contributed by atoms with Crippen molar-refractivity contribution in [1.82, 2.24) is 4.90 Å². The summed E-state index contributed by atoms with van der Waals surface area (Å²) in [5.74, 6) is -1.04. The molecule has 6 nitrogen and oxygen atoms in total. The van der Waals surface area contributed by atoms with Crippen molar-refractivity contribution in [3.05, 3.63) is 54.1 Å². The van der Waals surface area contributed by atoms with Gasteiger partial charge in [0.15, 0.2) is 9.84 Å². The molecule has 0 unspecified atom stereocenters. The Hall–Kier alpha value is -2.90. The molecule has 0 heterocycles. The summed E-state index contributed by atoms with van der Waals surface area (Å²) in [5.41, 5.74) is 5.30. The lowest BCUT2D eigenvalue weighted by Gasteiger charge is -2.41. The fraction of sp³-hybridized carbons (Fsp3) is 0.462. The summed E-state index contributed by atoms with van der Waals surface area (Å²) in [6, 6.07) is 10.4. The molecule has 1 saturated carbocycles. The number of nitriles is 1. The van der Waals surface area contributed by atoms with Crippen LogP contribution in [0.1, 0.15) is 51.6 Å². The molecule has 10 heteroatoms. The van der Waals surface area contributed by atoms with Crippen LogP contribution in [0.25, 0.3) is 11.1 Å².